The van der Waals surface area contributed by atoms with Crippen molar-refractivity contribution in [2.45, 2.75) is 39.5 Å². The second kappa shape index (κ2) is 11.7. The third-order valence-corrected chi connectivity index (χ3v) is 3.39. The van der Waals surface area contributed by atoms with Gasteiger partial charge in [-0.05, 0) is 32.9 Å². The van der Waals surface area contributed by atoms with Gasteiger partial charge in [-0.2, -0.15) is 8.78 Å². The van der Waals surface area contributed by atoms with Crippen LogP contribution in [0.2, 0.25) is 10.0 Å². The van der Waals surface area contributed by atoms with Crippen molar-refractivity contribution >= 4 is 59.0 Å². The van der Waals surface area contributed by atoms with Gasteiger partial charge >= 0.3 is 6.61 Å². The zero-order valence-corrected chi connectivity index (χ0v) is 19.2. The number of amides is 1. The number of hydrogen-bond acceptors (Lipinski definition) is 3. The number of nitrogens with one attached hydrogen (secondary N) is 3. The number of hydrogen-bond donors (Lipinski definition) is 3. The Kier molecular flexibility index (Phi) is 11.2. The Hall–Kier alpha value is -1.07. The molecule has 0 heterocycles. The lowest BCUT2D eigenvalue weighted by Crippen LogP contribution is -2.48. The Morgan fingerprint density at radius 3 is 2.41 bits per heavy atom. The van der Waals surface area contributed by atoms with Crippen LogP contribution in [0, 0.1) is 0 Å². The lowest BCUT2D eigenvalue weighted by Gasteiger charge is -2.21. The van der Waals surface area contributed by atoms with Gasteiger partial charge in [0.25, 0.3) is 0 Å². The van der Waals surface area contributed by atoms with E-state index in [9.17, 15) is 13.6 Å². The molecule has 0 aromatic heterocycles. The molecule has 1 aromatic carbocycles. The molecule has 1 aromatic rings. The van der Waals surface area contributed by atoms with Crippen molar-refractivity contribution in [3.63, 3.8) is 0 Å². The fourth-order valence-corrected chi connectivity index (χ4v) is 2.57. The lowest BCUT2D eigenvalue weighted by atomic mass is 10.1. The summed E-state index contributed by atoms with van der Waals surface area (Å²) >= 11 is 11.8. The third kappa shape index (κ3) is 10.2. The van der Waals surface area contributed by atoms with Crippen LogP contribution in [0.3, 0.4) is 0 Å². The predicted octanol–water partition coefficient (Wildman–Crippen LogP) is 3.79. The van der Waals surface area contributed by atoms with Gasteiger partial charge in [-0.3, -0.25) is 9.79 Å². The number of aliphatic imine (C=N–C) groups is 1. The van der Waals surface area contributed by atoms with Crippen LogP contribution in [0.5, 0.6) is 5.75 Å². The zero-order valence-electron chi connectivity index (χ0n) is 15.3. The number of alkyl halides is 2. The number of nitrogens with zero attached hydrogens (tertiary/aromatic N) is 1. The molecule has 0 aliphatic carbocycles. The van der Waals surface area contributed by atoms with Crippen molar-refractivity contribution in [1.82, 2.24) is 16.0 Å². The van der Waals surface area contributed by atoms with Crippen molar-refractivity contribution in [3.05, 3.63) is 27.7 Å². The van der Waals surface area contributed by atoms with Crippen LogP contribution in [0.1, 0.15) is 26.3 Å². The van der Waals surface area contributed by atoms with E-state index in [2.05, 4.69) is 25.7 Å². The molecule has 0 atom stereocenters. The second-order valence-electron chi connectivity index (χ2n) is 6.33. The molecule has 0 saturated carbocycles. The molecule has 0 saturated heterocycles. The summed E-state index contributed by atoms with van der Waals surface area (Å²) in [6, 6.07) is 2.77. The highest BCUT2D eigenvalue weighted by atomic mass is 127. The molecular weight excluding hydrogens is 516 g/mol. The predicted molar refractivity (Wildman–Crippen MR) is 115 cm³/mol. The Bertz CT molecular complexity index is 671. The summed E-state index contributed by atoms with van der Waals surface area (Å²) in [6.45, 7) is 2.63. The van der Waals surface area contributed by atoms with Crippen molar-refractivity contribution < 1.29 is 18.3 Å². The number of guanidine groups is 1. The van der Waals surface area contributed by atoms with E-state index in [1.165, 1.54) is 19.2 Å². The van der Waals surface area contributed by atoms with Crippen LogP contribution < -0.4 is 20.7 Å². The standard InChI is InChI=1S/C16H22Cl2F2N4O2.HI/c1-16(2,3)24-12(25)8-23-15(21-4)22-7-9-5-10(17)6-11(18)13(9)26-14(19)20;/h5-6,14H,7-8H2,1-4H3,(H,24,25)(H2,21,22,23);1H. The largest absolute Gasteiger partial charge is 0.433 e. The highest BCUT2D eigenvalue weighted by Gasteiger charge is 2.16. The van der Waals surface area contributed by atoms with E-state index in [-0.39, 0.29) is 64.3 Å². The molecule has 0 radical (unpaired) electrons. The molecule has 0 spiro atoms. The van der Waals surface area contributed by atoms with Crippen LogP contribution in [-0.4, -0.2) is 37.6 Å². The maximum absolute atomic E-state index is 12.6. The average Bonchev–Trinajstić information content (AvgIpc) is 2.48. The first-order chi connectivity index (χ1) is 12.0. The quantitative estimate of drug-likeness (QED) is 0.293. The molecular formula is C16H23Cl2F2IN4O2. The van der Waals surface area contributed by atoms with Crippen LogP contribution in [0.4, 0.5) is 8.78 Å². The van der Waals surface area contributed by atoms with Crippen LogP contribution >= 0.6 is 47.2 Å². The first kappa shape index (κ1) is 25.9. The van der Waals surface area contributed by atoms with Crippen molar-refractivity contribution in [2.75, 3.05) is 13.6 Å². The molecule has 1 amide bonds. The summed E-state index contributed by atoms with van der Waals surface area (Å²) in [5.74, 6) is -0.0828. The van der Waals surface area contributed by atoms with E-state index in [1.54, 1.807) is 0 Å². The van der Waals surface area contributed by atoms with Crippen molar-refractivity contribution in [3.8, 4) is 5.75 Å². The maximum Gasteiger partial charge on any atom is 0.387 e. The zero-order chi connectivity index (χ0) is 19.9. The van der Waals surface area contributed by atoms with E-state index < -0.39 is 6.61 Å². The van der Waals surface area contributed by atoms with Crippen LogP contribution in [0.15, 0.2) is 17.1 Å². The molecule has 27 heavy (non-hydrogen) atoms. The summed E-state index contributed by atoms with van der Waals surface area (Å²) in [5.41, 5.74) is -0.0284. The molecule has 0 bridgehead atoms. The van der Waals surface area contributed by atoms with Crippen LogP contribution in [0.25, 0.3) is 0 Å². The van der Waals surface area contributed by atoms with Gasteiger partial charge in [-0.25, -0.2) is 0 Å². The summed E-state index contributed by atoms with van der Waals surface area (Å²) in [5, 5.41) is 8.76. The SMILES string of the molecule is CN=C(NCC(=O)NC(C)(C)C)NCc1cc(Cl)cc(Cl)c1OC(F)F.I. The maximum atomic E-state index is 12.6. The smallest absolute Gasteiger partial charge is 0.387 e. The second-order valence-corrected chi connectivity index (χ2v) is 7.18. The van der Waals surface area contributed by atoms with E-state index in [1.807, 2.05) is 20.8 Å². The van der Waals surface area contributed by atoms with E-state index >= 15 is 0 Å². The molecule has 0 aliphatic rings. The summed E-state index contributed by atoms with van der Waals surface area (Å²) in [6.07, 6.45) is 0. The Balaban J connectivity index is 0.00000676. The number of carbonyl (C=O) groups is 1. The van der Waals surface area contributed by atoms with E-state index in [0.29, 0.717) is 11.5 Å². The molecule has 0 fully saturated rings. The average molecular weight is 539 g/mol. The number of carbonyl (C=O) groups excluding carboxylic acids is 1. The Labute approximate surface area is 184 Å². The monoisotopic (exact) mass is 538 g/mol. The lowest BCUT2D eigenvalue weighted by molar-refractivity contribution is -0.121. The number of halogens is 5. The minimum absolute atomic E-state index is 0. The molecule has 154 valence electrons. The summed E-state index contributed by atoms with van der Waals surface area (Å²) in [7, 11) is 1.51. The molecule has 11 heteroatoms. The fourth-order valence-electron chi connectivity index (χ4n) is 1.99. The van der Waals surface area contributed by atoms with Crippen molar-refractivity contribution in [2.24, 2.45) is 4.99 Å². The van der Waals surface area contributed by atoms with Gasteiger partial charge in [-0.15, -0.1) is 24.0 Å². The van der Waals surface area contributed by atoms with Gasteiger partial charge in [0.2, 0.25) is 5.91 Å². The Morgan fingerprint density at radius 2 is 1.89 bits per heavy atom. The highest BCUT2D eigenvalue weighted by molar-refractivity contribution is 14.0. The summed E-state index contributed by atoms with van der Waals surface area (Å²) < 4.78 is 29.6. The molecule has 6 nitrogen and oxygen atoms in total. The third-order valence-electron chi connectivity index (χ3n) is 2.89. The molecule has 1 rings (SSSR count). The highest BCUT2D eigenvalue weighted by Crippen LogP contribution is 2.33. The van der Waals surface area contributed by atoms with E-state index in [0.717, 1.165) is 0 Å². The minimum Gasteiger partial charge on any atom is -0.433 e. The molecule has 0 unspecified atom stereocenters. The van der Waals surface area contributed by atoms with Gasteiger partial charge in [0.1, 0.15) is 5.75 Å². The minimum atomic E-state index is -3.02. The normalized spacial score (nSPS) is 11.7. The molecule has 3 N–H and O–H groups in total. The van der Waals surface area contributed by atoms with Gasteiger partial charge in [-0.1, -0.05) is 23.2 Å². The topological polar surface area (TPSA) is 74.8 Å². The van der Waals surface area contributed by atoms with Gasteiger partial charge < -0.3 is 20.7 Å². The van der Waals surface area contributed by atoms with Gasteiger partial charge in [0, 0.05) is 29.7 Å². The number of benzene rings is 1. The first-order valence-electron chi connectivity index (χ1n) is 7.70. The van der Waals surface area contributed by atoms with Gasteiger partial charge in [0.05, 0.1) is 11.6 Å². The van der Waals surface area contributed by atoms with Crippen molar-refractivity contribution in [1.29, 1.82) is 0 Å². The van der Waals surface area contributed by atoms with E-state index in [4.69, 9.17) is 23.2 Å². The number of rotatable bonds is 6. The van der Waals surface area contributed by atoms with Gasteiger partial charge in [0.15, 0.2) is 5.96 Å². The number of ether oxygens (including phenoxy) is 1. The Morgan fingerprint density at radius 1 is 1.26 bits per heavy atom. The van der Waals surface area contributed by atoms with Crippen LogP contribution in [-0.2, 0) is 11.3 Å². The fraction of sp³-hybridized carbons (Fsp3) is 0.500. The summed E-state index contributed by atoms with van der Waals surface area (Å²) in [4.78, 5) is 15.8. The first-order valence-corrected chi connectivity index (χ1v) is 8.45. The molecule has 0 aliphatic heterocycles.